The molecule has 0 fully saturated rings. The summed E-state index contributed by atoms with van der Waals surface area (Å²) in [4.78, 5) is 10.3. The zero-order valence-corrected chi connectivity index (χ0v) is 5.76. The van der Waals surface area contributed by atoms with Gasteiger partial charge in [0.25, 0.3) is 0 Å². The standard InChI is InChI=1S/C6H12O3/c1-5(7)3-4-6(8)9-2/h6,8H,3-4H2,1-2H3. The van der Waals surface area contributed by atoms with E-state index in [4.69, 9.17) is 5.11 Å². The van der Waals surface area contributed by atoms with Crippen molar-refractivity contribution in [2.75, 3.05) is 7.11 Å². The molecule has 0 saturated heterocycles. The lowest BCUT2D eigenvalue weighted by atomic mass is 10.2. The monoisotopic (exact) mass is 132 g/mol. The first kappa shape index (κ1) is 8.59. The number of carbonyl (C=O) groups excluding carboxylic acids is 1. The van der Waals surface area contributed by atoms with E-state index in [0.717, 1.165) is 0 Å². The molecule has 0 aromatic carbocycles. The normalized spacial score (nSPS) is 13.2. The van der Waals surface area contributed by atoms with Crippen molar-refractivity contribution in [3.05, 3.63) is 0 Å². The van der Waals surface area contributed by atoms with Crippen molar-refractivity contribution in [3.8, 4) is 0 Å². The van der Waals surface area contributed by atoms with Gasteiger partial charge in [-0.05, 0) is 6.92 Å². The highest BCUT2D eigenvalue weighted by molar-refractivity contribution is 5.75. The van der Waals surface area contributed by atoms with E-state index in [1.807, 2.05) is 0 Å². The molecule has 0 saturated carbocycles. The number of Topliss-reactive ketones (excluding diaryl/α,β-unsaturated/α-hetero) is 1. The highest BCUT2D eigenvalue weighted by Crippen LogP contribution is 1.96. The number of aliphatic hydroxyl groups excluding tert-OH is 1. The first-order valence-electron chi connectivity index (χ1n) is 2.87. The number of aliphatic hydroxyl groups is 1. The largest absolute Gasteiger partial charge is 0.368 e. The fourth-order valence-corrected chi connectivity index (χ4v) is 0.445. The maximum Gasteiger partial charge on any atom is 0.154 e. The van der Waals surface area contributed by atoms with E-state index < -0.39 is 6.29 Å². The maximum absolute atomic E-state index is 10.3. The number of methoxy groups -OCH3 is 1. The Morgan fingerprint density at radius 3 is 2.67 bits per heavy atom. The van der Waals surface area contributed by atoms with Crippen molar-refractivity contribution in [3.63, 3.8) is 0 Å². The van der Waals surface area contributed by atoms with Gasteiger partial charge >= 0.3 is 0 Å². The fraction of sp³-hybridized carbons (Fsp3) is 0.833. The van der Waals surface area contributed by atoms with Crippen LogP contribution >= 0.6 is 0 Å². The van der Waals surface area contributed by atoms with Crippen molar-refractivity contribution >= 4 is 5.78 Å². The molecule has 3 heteroatoms. The van der Waals surface area contributed by atoms with Gasteiger partial charge in [-0.2, -0.15) is 0 Å². The molecule has 0 heterocycles. The van der Waals surface area contributed by atoms with Gasteiger partial charge in [0.1, 0.15) is 5.78 Å². The summed E-state index contributed by atoms with van der Waals surface area (Å²) in [6.07, 6.45) is -0.00481. The van der Waals surface area contributed by atoms with Crippen molar-refractivity contribution < 1.29 is 14.6 Å². The molecule has 0 aliphatic carbocycles. The first-order chi connectivity index (χ1) is 4.16. The molecule has 0 aromatic heterocycles. The van der Waals surface area contributed by atoms with Gasteiger partial charge in [-0.1, -0.05) is 0 Å². The average Bonchev–Trinajstić information content (AvgIpc) is 1.83. The Morgan fingerprint density at radius 2 is 2.33 bits per heavy atom. The van der Waals surface area contributed by atoms with Crippen molar-refractivity contribution in [1.29, 1.82) is 0 Å². The van der Waals surface area contributed by atoms with Gasteiger partial charge in [0.05, 0.1) is 0 Å². The highest BCUT2D eigenvalue weighted by Gasteiger charge is 2.01. The highest BCUT2D eigenvalue weighted by atomic mass is 16.6. The van der Waals surface area contributed by atoms with Crippen LogP contribution in [0.25, 0.3) is 0 Å². The smallest absolute Gasteiger partial charge is 0.154 e. The van der Waals surface area contributed by atoms with Gasteiger partial charge in [-0.15, -0.1) is 0 Å². The number of carbonyl (C=O) groups is 1. The molecule has 1 N–H and O–H groups in total. The lowest BCUT2D eigenvalue weighted by molar-refractivity contribution is -0.121. The minimum Gasteiger partial charge on any atom is -0.368 e. The topological polar surface area (TPSA) is 46.5 Å². The predicted molar refractivity (Wildman–Crippen MR) is 32.9 cm³/mol. The van der Waals surface area contributed by atoms with Gasteiger partial charge in [-0.3, -0.25) is 0 Å². The van der Waals surface area contributed by atoms with Crippen molar-refractivity contribution in [1.82, 2.24) is 0 Å². The minimum atomic E-state index is -0.783. The van der Waals surface area contributed by atoms with Crippen LogP contribution in [0.15, 0.2) is 0 Å². The Hall–Kier alpha value is -0.410. The molecule has 54 valence electrons. The van der Waals surface area contributed by atoms with E-state index in [1.165, 1.54) is 14.0 Å². The van der Waals surface area contributed by atoms with Crippen LogP contribution in [0.2, 0.25) is 0 Å². The third-order valence-corrected chi connectivity index (χ3v) is 1.02. The van der Waals surface area contributed by atoms with Crippen LogP contribution < -0.4 is 0 Å². The lowest BCUT2D eigenvalue weighted by Crippen LogP contribution is -2.09. The van der Waals surface area contributed by atoms with Crippen molar-refractivity contribution in [2.24, 2.45) is 0 Å². The van der Waals surface area contributed by atoms with Gasteiger partial charge in [0.15, 0.2) is 6.29 Å². The number of ether oxygens (including phenoxy) is 1. The zero-order valence-electron chi connectivity index (χ0n) is 5.76. The summed E-state index contributed by atoms with van der Waals surface area (Å²) in [6, 6.07) is 0. The zero-order chi connectivity index (χ0) is 7.28. The molecule has 9 heavy (non-hydrogen) atoms. The molecule has 1 atom stereocenters. The molecule has 0 rings (SSSR count). The number of rotatable bonds is 4. The summed E-state index contributed by atoms with van der Waals surface area (Å²) < 4.78 is 4.50. The first-order valence-corrected chi connectivity index (χ1v) is 2.87. The van der Waals surface area contributed by atoms with Gasteiger partial charge in [0.2, 0.25) is 0 Å². The third kappa shape index (κ3) is 5.46. The van der Waals surface area contributed by atoms with Crippen LogP contribution in [-0.2, 0) is 9.53 Å². The van der Waals surface area contributed by atoms with Gasteiger partial charge in [-0.25, -0.2) is 0 Å². The fourth-order valence-electron chi connectivity index (χ4n) is 0.445. The summed E-state index contributed by atoms with van der Waals surface area (Å²) in [6.45, 7) is 1.49. The second-order valence-corrected chi connectivity index (χ2v) is 1.93. The molecule has 0 bridgehead atoms. The Morgan fingerprint density at radius 1 is 1.78 bits per heavy atom. The van der Waals surface area contributed by atoms with E-state index in [0.29, 0.717) is 12.8 Å². The van der Waals surface area contributed by atoms with Crippen LogP contribution in [0.3, 0.4) is 0 Å². The SMILES string of the molecule is COC(O)CCC(C)=O. The summed E-state index contributed by atoms with van der Waals surface area (Å²) in [5, 5.41) is 8.73. The molecular formula is C6H12O3. The molecule has 1 unspecified atom stereocenters. The van der Waals surface area contributed by atoms with Crippen LogP contribution in [-0.4, -0.2) is 24.3 Å². The van der Waals surface area contributed by atoms with Crippen LogP contribution in [0.4, 0.5) is 0 Å². The summed E-state index contributed by atoms with van der Waals surface area (Å²) in [5.41, 5.74) is 0. The molecule has 0 aliphatic heterocycles. The molecular weight excluding hydrogens is 120 g/mol. The van der Waals surface area contributed by atoms with Gasteiger partial charge < -0.3 is 14.6 Å². The average molecular weight is 132 g/mol. The van der Waals surface area contributed by atoms with E-state index in [9.17, 15) is 4.79 Å². The molecule has 0 radical (unpaired) electrons. The third-order valence-electron chi connectivity index (χ3n) is 1.02. The molecule has 3 nitrogen and oxygen atoms in total. The molecule has 0 amide bonds. The summed E-state index contributed by atoms with van der Waals surface area (Å²) in [7, 11) is 1.41. The molecule has 0 spiro atoms. The van der Waals surface area contributed by atoms with Crippen LogP contribution in [0.1, 0.15) is 19.8 Å². The van der Waals surface area contributed by atoms with E-state index >= 15 is 0 Å². The van der Waals surface area contributed by atoms with Gasteiger partial charge in [0, 0.05) is 20.0 Å². The lowest BCUT2D eigenvalue weighted by Gasteiger charge is -2.04. The number of ketones is 1. The number of hydrogen-bond acceptors (Lipinski definition) is 3. The predicted octanol–water partition coefficient (Wildman–Crippen LogP) is 0.320. The van der Waals surface area contributed by atoms with Crippen molar-refractivity contribution in [2.45, 2.75) is 26.1 Å². The minimum absolute atomic E-state index is 0.0751. The summed E-state index contributed by atoms with van der Waals surface area (Å²) in [5.74, 6) is 0.0751. The van der Waals surface area contributed by atoms with Crippen LogP contribution in [0, 0.1) is 0 Å². The van der Waals surface area contributed by atoms with E-state index in [1.54, 1.807) is 0 Å². The molecule has 0 aliphatic rings. The van der Waals surface area contributed by atoms with E-state index in [2.05, 4.69) is 4.74 Å². The Kier molecular flexibility index (Phi) is 4.26. The Balaban J connectivity index is 3.16. The van der Waals surface area contributed by atoms with Crippen LogP contribution in [0.5, 0.6) is 0 Å². The van der Waals surface area contributed by atoms with E-state index in [-0.39, 0.29) is 5.78 Å². The Bertz CT molecular complexity index is 90.3. The number of hydrogen-bond donors (Lipinski definition) is 1. The second-order valence-electron chi connectivity index (χ2n) is 1.93. The Labute approximate surface area is 54.6 Å². The molecule has 0 aromatic rings. The maximum atomic E-state index is 10.3. The second kappa shape index (κ2) is 4.47. The quantitative estimate of drug-likeness (QED) is 0.560. The summed E-state index contributed by atoms with van der Waals surface area (Å²) >= 11 is 0.